The molecule has 4 heteroatoms. The Hall–Kier alpha value is -1.72. The SMILES string of the molecule is O[C@H]([C@H](O)[C@H](O)c1ccccc1)[C@@H](O)c1ccccc1. The van der Waals surface area contributed by atoms with Crippen molar-refractivity contribution in [1.82, 2.24) is 0 Å². The molecule has 0 bridgehead atoms. The van der Waals surface area contributed by atoms with Gasteiger partial charge in [0.05, 0.1) is 0 Å². The Morgan fingerprint density at radius 2 is 0.800 bits per heavy atom. The van der Waals surface area contributed by atoms with Crippen molar-refractivity contribution in [3.8, 4) is 0 Å². The van der Waals surface area contributed by atoms with Gasteiger partial charge in [0, 0.05) is 0 Å². The van der Waals surface area contributed by atoms with E-state index < -0.39 is 24.4 Å². The predicted molar refractivity (Wildman–Crippen MR) is 74.8 cm³/mol. The molecule has 2 aromatic rings. The first-order valence-corrected chi connectivity index (χ1v) is 6.43. The number of hydrogen-bond acceptors (Lipinski definition) is 4. The summed E-state index contributed by atoms with van der Waals surface area (Å²) >= 11 is 0. The molecule has 0 aliphatic heterocycles. The fourth-order valence-electron chi connectivity index (χ4n) is 2.07. The fourth-order valence-corrected chi connectivity index (χ4v) is 2.07. The summed E-state index contributed by atoms with van der Waals surface area (Å²) in [6.07, 6.45) is -5.48. The van der Waals surface area contributed by atoms with Gasteiger partial charge in [0.15, 0.2) is 0 Å². The molecule has 0 aromatic heterocycles. The van der Waals surface area contributed by atoms with Crippen LogP contribution in [0.3, 0.4) is 0 Å². The van der Waals surface area contributed by atoms with Crippen LogP contribution in [-0.2, 0) is 0 Å². The molecule has 0 saturated heterocycles. The van der Waals surface area contributed by atoms with Crippen molar-refractivity contribution < 1.29 is 20.4 Å². The highest BCUT2D eigenvalue weighted by Gasteiger charge is 2.31. The Bertz CT molecular complexity index is 465. The van der Waals surface area contributed by atoms with Crippen LogP contribution in [0.5, 0.6) is 0 Å². The second-order valence-electron chi connectivity index (χ2n) is 4.69. The minimum absolute atomic E-state index is 0.485. The molecule has 0 spiro atoms. The van der Waals surface area contributed by atoms with E-state index in [-0.39, 0.29) is 0 Å². The van der Waals surface area contributed by atoms with Gasteiger partial charge in [-0.1, -0.05) is 60.7 Å². The molecular weight excluding hydrogens is 256 g/mol. The zero-order valence-corrected chi connectivity index (χ0v) is 10.9. The third-order valence-electron chi connectivity index (χ3n) is 3.28. The van der Waals surface area contributed by atoms with Gasteiger partial charge in [-0.2, -0.15) is 0 Å². The van der Waals surface area contributed by atoms with Crippen LogP contribution in [0.1, 0.15) is 23.3 Å². The summed E-state index contributed by atoms with van der Waals surface area (Å²) in [7, 11) is 0. The summed E-state index contributed by atoms with van der Waals surface area (Å²) in [6.45, 7) is 0. The molecule has 0 aliphatic rings. The van der Waals surface area contributed by atoms with E-state index in [1.165, 1.54) is 0 Å². The molecule has 4 nitrogen and oxygen atoms in total. The molecule has 0 aliphatic carbocycles. The van der Waals surface area contributed by atoms with Crippen molar-refractivity contribution in [2.75, 3.05) is 0 Å². The smallest absolute Gasteiger partial charge is 0.113 e. The Kier molecular flexibility index (Phi) is 4.87. The maximum atomic E-state index is 10.0. The van der Waals surface area contributed by atoms with Crippen LogP contribution in [0, 0.1) is 0 Å². The molecule has 0 fully saturated rings. The summed E-state index contributed by atoms with van der Waals surface area (Å²) in [5.41, 5.74) is 0.971. The molecule has 0 saturated carbocycles. The van der Waals surface area contributed by atoms with Crippen molar-refractivity contribution in [1.29, 1.82) is 0 Å². The lowest BCUT2D eigenvalue weighted by atomic mass is 9.94. The maximum absolute atomic E-state index is 10.0. The number of rotatable bonds is 5. The van der Waals surface area contributed by atoms with E-state index in [9.17, 15) is 20.4 Å². The minimum atomic E-state index is -1.48. The Morgan fingerprint density at radius 3 is 1.10 bits per heavy atom. The normalized spacial score (nSPS) is 17.2. The number of aliphatic hydroxyl groups excluding tert-OH is 4. The molecule has 2 aromatic carbocycles. The van der Waals surface area contributed by atoms with E-state index in [4.69, 9.17) is 0 Å². The van der Waals surface area contributed by atoms with Gasteiger partial charge in [-0.25, -0.2) is 0 Å². The van der Waals surface area contributed by atoms with Crippen LogP contribution in [0.25, 0.3) is 0 Å². The molecule has 4 N–H and O–H groups in total. The lowest BCUT2D eigenvalue weighted by Crippen LogP contribution is -2.36. The van der Waals surface area contributed by atoms with Crippen molar-refractivity contribution in [2.45, 2.75) is 24.4 Å². The Morgan fingerprint density at radius 1 is 0.500 bits per heavy atom. The number of hydrogen-bond donors (Lipinski definition) is 4. The van der Waals surface area contributed by atoms with Crippen molar-refractivity contribution in [3.63, 3.8) is 0 Å². The average molecular weight is 274 g/mol. The quantitative estimate of drug-likeness (QED) is 0.660. The van der Waals surface area contributed by atoms with Gasteiger partial charge in [0.2, 0.25) is 0 Å². The molecule has 0 heterocycles. The third-order valence-corrected chi connectivity index (χ3v) is 3.28. The van der Waals surface area contributed by atoms with Gasteiger partial charge in [-0.15, -0.1) is 0 Å². The second-order valence-corrected chi connectivity index (χ2v) is 4.69. The monoisotopic (exact) mass is 274 g/mol. The first-order chi connectivity index (χ1) is 9.61. The Balaban J connectivity index is 2.10. The molecular formula is C16H18O4. The van der Waals surface area contributed by atoms with Crippen LogP contribution in [0.15, 0.2) is 60.7 Å². The topological polar surface area (TPSA) is 80.9 Å². The third kappa shape index (κ3) is 3.23. The molecule has 2 rings (SSSR count). The fraction of sp³-hybridized carbons (Fsp3) is 0.250. The van der Waals surface area contributed by atoms with Gasteiger partial charge in [0.25, 0.3) is 0 Å². The molecule has 106 valence electrons. The van der Waals surface area contributed by atoms with E-state index >= 15 is 0 Å². The van der Waals surface area contributed by atoms with Gasteiger partial charge < -0.3 is 20.4 Å². The van der Waals surface area contributed by atoms with Crippen molar-refractivity contribution in [3.05, 3.63) is 71.8 Å². The van der Waals surface area contributed by atoms with E-state index in [2.05, 4.69) is 0 Å². The highest BCUT2D eigenvalue weighted by Crippen LogP contribution is 2.25. The lowest BCUT2D eigenvalue weighted by Gasteiger charge is -2.27. The summed E-state index contributed by atoms with van der Waals surface area (Å²) in [4.78, 5) is 0. The number of benzene rings is 2. The van der Waals surface area contributed by atoms with Gasteiger partial charge >= 0.3 is 0 Å². The van der Waals surface area contributed by atoms with Crippen LogP contribution < -0.4 is 0 Å². The molecule has 0 amide bonds. The van der Waals surface area contributed by atoms with Crippen LogP contribution in [0.2, 0.25) is 0 Å². The summed E-state index contributed by atoms with van der Waals surface area (Å²) in [6, 6.07) is 17.1. The largest absolute Gasteiger partial charge is 0.387 e. The standard InChI is InChI=1S/C16H18O4/c17-13(11-7-3-1-4-8-11)15(19)16(20)14(18)12-9-5-2-6-10-12/h1-10,13-20H/t13-,14+,15-,16+. The summed E-state index contributed by atoms with van der Waals surface area (Å²) < 4.78 is 0. The first kappa shape index (κ1) is 14.7. The van der Waals surface area contributed by atoms with E-state index in [1.807, 2.05) is 0 Å². The second kappa shape index (κ2) is 6.63. The zero-order valence-electron chi connectivity index (χ0n) is 10.9. The van der Waals surface area contributed by atoms with Gasteiger partial charge in [-0.3, -0.25) is 0 Å². The maximum Gasteiger partial charge on any atom is 0.113 e. The highest BCUT2D eigenvalue weighted by molar-refractivity contribution is 5.21. The number of aliphatic hydroxyl groups is 4. The van der Waals surface area contributed by atoms with Crippen LogP contribution in [0.4, 0.5) is 0 Å². The highest BCUT2D eigenvalue weighted by atomic mass is 16.4. The summed E-state index contributed by atoms with van der Waals surface area (Å²) in [5.74, 6) is 0. The van der Waals surface area contributed by atoms with Crippen LogP contribution in [-0.4, -0.2) is 32.6 Å². The van der Waals surface area contributed by atoms with Crippen LogP contribution >= 0.6 is 0 Å². The van der Waals surface area contributed by atoms with Gasteiger partial charge in [0.1, 0.15) is 24.4 Å². The average Bonchev–Trinajstić information content (AvgIpc) is 2.53. The van der Waals surface area contributed by atoms with Gasteiger partial charge in [-0.05, 0) is 11.1 Å². The molecule has 0 radical (unpaired) electrons. The van der Waals surface area contributed by atoms with E-state index in [1.54, 1.807) is 60.7 Å². The minimum Gasteiger partial charge on any atom is -0.387 e. The lowest BCUT2D eigenvalue weighted by molar-refractivity contribution is -0.107. The molecule has 0 unspecified atom stereocenters. The first-order valence-electron chi connectivity index (χ1n) is 6.43. The zero-order chi connectivity index (χ0) is 14.5. The van der Waals surface area contributed by atoms with E-state index in [0.29, 0.717) is 11.1 Å². The Labute approximate surface area is 117 Å². The summed E-state index contributed by atoms with van der Waals surface area (Å²) in [5, 5.41) is 40.1. The predicted octanol–water partition coefficient (Wildman–Crippen LogP) is 1.18. The molecule has 20 heavy (non-hydrogen) atoms. The van der Waals surface area contributed by atoms with Crippen molar-refractivity contribution >= 4 is 0 Å². The molecule has 4 atom stereocenters. The van der Waals surface area contributed by atoms with E-state index in [0.717, 1.165) is 0 Å². The van der Waals surface area contributed by atoms with Crippen molar-refractivity contribution in [2.24, 2.45) is 0 Å².